The maximum absolute atomic E-state index is 13.0. The lowest BCUT2D eigenvalue weighted by atomic mass is 9.96. The van der Waals surface area contributed by atoms with E-state index in [0.717, 1.165) is 16.7 Å². The fraction of sp³-hybridized carbons (Fsp3) is 0.240. The SMILES string of the molecule is Cc1cc(C)c([C@H](C)NC(=O)c2cc(Cl)ccc2OCc2ccccc2)cc1C. The number of carbonyl (C=O) groups is 1. The van der Waals surface area contributed by atoms with Crippen LogP contribution in [0.1, 0.15) is 51.1 Å². The molecule has 3 nitrogen and oxygen atoms in total. The van der Waals surface area contributed by atoms with Crippen molar-refractivity contribution in [1.29, 1.82) is 0 Å². The molecule has 0 bridgehead atoms. The molecule has 0 aliphatic heterocycles. The molecule has 0 heterocycles. The fourth-order valence-electron chi connectivity index (χ4n) is 3.34. The van der Waals surface area contributed by atoms with Crippen molar-refractivity contribution in [3.63, 3.8) is 0 Å². The lowest BCUT2D eigenvalue weighted by molar-refractivity contribution is 0.0935. The Bertz CT molecular complexity index is 1010. The lowest BCUT2D eigenvalue weighted by Gasteiger charge is -2.19. The van der Waals surface area contributed by atoms with Gasteiger partial charge in [0.15, 0.2) is 0 Å². The maximum atomic E-state index is 13.0. The van der Waals surface area contributed by atoms with Crippen molar-refractivity contribution in [3.8, 4) is 5.75 Å². The molecule has 3 aromatic carbocycles. The van der Waals surface area contributed by atoms with E-state index in [1.165, 1.54) is 11.1 Å². The van der Waals surface area contributed by atoms with Crippen molar-refractivity contribution in [2.75, 3.05) is 0 Å². The van der Waals surface area contributed by atoms with E-state index < -0.39 is 0 Å². The molecule has 0 aliphatic rings. The number of ether oxygens (including phenoxy) is 1. The fourth-order valence-corrected chi connectivity index (χ4v) is 3.51. The third-order valence-corrected chi connectivity index (χ3v) is 5.35. The number of hydrogen-bond donors (Lipinski definition) is 1. The van der Waals surface area contributed by atoms with E-state index in [0.29, 0.717) is 22.9 Å². The van der Waals surface area contributed by atoms with Gasteiger partial charge in [0.2, 0.25) is 0 Å². The molecule has 0 fully saturated rings. The highest BCUT2D eigenvalue weighted by Crippen LogP contribution is 2.26. The van der Waals surface area contributed by atoms with Gasteiger partial charge in [-0.25, -0.2) is 0 Å². The molecule has 0 aliphatic carbocycles. The number of hydrogen-bond acceptors (Lipinski definition) is 2. The Morgan fingerprint density at radius 2 is 1.66 bits per heavy atom. The number of benzene rings is 3. The summed E-state index contributed by atoms with van der Waals surface area (Å²) in [5.41, 5.74) is 6.19. The Balaban J connectivity index is 1.79. The minimum absolute atomic E-state index is 0.136. The van der Waals surface area contributed by atoms with Crippen LogP contribution in [0.4, 0.5) is 0 Å². The lowest BCUT2D eigenvalue weighted by Crippen LogP contribution is -2.27. The summed E-state index contributed by atoms with van der Waals surface area (Å²) in [7, 11) is 0. The van der Waals surface area contributed by atoms with E-state index in [9.17, 15) is 4.79 Å². The van der Waals surface area contributed by atoms with Gasteiger partial charge in [-0.2, -0.15) is 0 Å². The molecular formula is C25H26ClNO2. The zero-order valence-electron chi connectivity index (χ0n) is 17.3. The highest BCUT2D eigenvalue weighted by Gasteiger charge is 2.18. The van der Waals surface area contributed by atoms with E-state index in [1.807, 2.05) is 37.3 Å². The van der Waals surface area contributed by atoms with E-state index >= 15 is 0 Å². The second-order valence-electron chi connectivity index (χ2n) is 7.40. The number of halogens is 1. The monoisotopic (exact) mass is 407 g/mol. The second-order valence-corrected chi connectivity index (χ2v) is 7.84. The Morgan fingerprint density at radius 1 is 0.966 bits per heavy atom. The molecule has 0 saturated carbocycles. The van der Waals surface area contributed by atoms with Crippen molar-refractivity contribution >= 4 is 17.5 Å². The van der Waals surface area contributed by atoms with Crippen LogP contribution in [0, 0.1) is 20.8 Å². The first-order valence-electron chi connectivity index (χ1n) is 9.70. The minimum Gasteiger partial charge on any atom is -0.488 e. The predicted octanol–water partition coefficient (Wildman–Crippen LogP) is 6.34. The summed E-state index contributed by atoms with van der Waals surface area (Å²) in [6.07, 6.45) is 0. The standard InChI is InChI=1S/C25H26ClNO2/c1-16-12-18(3)22(13-17(16)2)19(4)27-25(28)23-14-21(26)10-11-24(23)29-15-20-8-6-5-7-9-20/h5-14,19H,15H2,1-4H3,(H,27,28)/t19-/m0/s1. The van der Waals surface area contributed by atoms with Gasteiger partial charge in [0.05, 0.1) is 11.6 Å². The summed E-state index contributed by atoms with van der Waals surface area (Å²) in [5, 5.41) is 3.59. The quantitative estimate of drug-likeness (QED) is 0.518. The van der Waals surface area contributed by atoms with Crippen LogP contribution in [-0.4, -0.2) is 5.91 Å². The van der Waals surface area contributed by atoms with Crippen LogP contribution >= 0.6 is 11.6 Å². The Kier molecular flexibility index (Phi) is 6.60. The van der Waals surface area contributed by atoms with E-state index in [2.05, 4.69) is 38.2 Å². The van der Waals surface area contributed by atoms with E-state index in [4.69, 9.17) is 16.3 Å². The van der Waals surface area contributed by atoms with Gasteiger partial charge in [0.1, 0.15) is 12.4 Å². The smallest absolute Gasteiger partial charge is 0.255 e. The second kappa shape index (κ2) is 9.15. The molecule has 0 radical (unpaired) electrons. The topological polar surface area (TPSA) is 38.3 Å². The van der Waals surface area contributed by atoms with Gasteiger partial charge < -0.3 is 10.1 Å². The molecular weight excluding hydrogens is 382 g/mol. The van der Waals surface area contributed by atoms with Gasteiger partial charge in [-0.05, 0) is 73.7 Å². The molecule has 3 rings (SSSR count). The highest BCUT2D eigenvalue weighted by molar-refractivity contribution is 6.31. The summed E-state index contributed by atoms with van der Waals surface area (Å²) in [6, 6.07) is 19.1. The largest absolute Gasteiger partial charge is 0.488 e. The van der Waals surface area contributed by atoms with Gasteiger partial charge >= 0.3 is 0 Å². The molecule has 29 heavy (non-hydrogen) atoms. The zero-order chi connectivity index (χ0) is 21.0. The highest BCUT2D eigenvalue weighted by atomic mass is 35.5. The van der Waals surface area contributed by atoms with Gasteiger partial charge in [0.25, 0.3) is 5.91 Å². The first-order valence-corrected chi connectivity index (χ1v) is 10.1. The van der Waals surface area contributed by atoms with Crippen molar-refractivity contribution in [1.82, 2.24) is 5.32 Å². The molecule has 0 unspecified atom stereocenters. The van der Waals surface area contributed by atoms with Crippen LogP contribution in [0.25, 0.3) is 0 Å². The molecule has 1 atom stereocenters. The summed E-state index contributed by atoms with van der Waals surface area (Å²) in [4.78, 5) is 13.0. The average Bonchev–Trinajstić information content (AvgIpc) is 2.70. The molecule has 3 aromatic rings. The van der Waals surface area contributed by atoms with Crippen LogP contribution in [0.2, 0.25) is 5.02 Å². The molecule has 0 saturated heterocycles. The van der Waals surface area contributed by atoms with Crippen LogP contribution in [0.15, 0.2) is 60.7 Å². The van der Waals surface area contributed by atoms with Gasteiger partial charge in [0, 0.05) is 5.02 Å². The summed E-state index contributed by atoms with van der Waals surface area (Å²) in [6.45, 7) is 8.62. The number of rotatable bonds is 6. The van der Waals surface area contributed by atoms with Crippen LogP contribution < -0.4 is 10.1 Å². The van der Waals surface area contributed by atoms with Crippen LogP contribution in [0.5, 0.6) is 5.75 Å². The summed E-state index contributed by atoms with van der Waals surface area (Å²) < 4.78 is 5.93. The summed E-state index contributed by atoms with van der Waals surface area (Å²) >= 11 is 6.16. The van der Waals surface area contributed by atoms with E-state index in [-0.39, 0.29) is 11.9 Å². The molecule has 0 spiro atoms. The van der Waals surface area contributed by atoms with Crippen molar-refractivity contribution < 1.29 is 9.53 Å². The van der Waals surface area contributed by atoms with Crippen molar-refractivity contribution in [3.05, 3.63) is 99.1 Å². The average molecular weight is 408 g/mol. The zero-order valence-corrected chi connectivity index (χ0v) is 18.0. The Hall–Kier alpha value is -2.78. The van der Waals surface area contributed by atoms with E-state index in [1.54, 1.807) is 18.2 Å². The third kappa shape index (κ3) is 5.18. The molecule has 1 N–H and O–H groups in total. The van der Waals surface area contributed by atoms with Crippen LogP contribution in [-0.2, 0) is 6.61 Å². The molecule has 0 aromatic heterocycles. The number of carbonyl (C=O) groups excluding carboxylic acids is 1. The Labute approximate surface area is 177 Å². The predicted molar refractivity (Wildman–Crippen MR) is 119 cm³/mol. The first kappa shape index (κ1) is 20.9. The third-order valence-electron chi connectivity index (χ3n) is 5.12. The molecule has 4 heteroatoms. The maximum Gasteiger partial charge on any atom is 0.255 e. The Morgan fingerprint density at radius 3 is 2.38 bits per heavy atom. The van der Waals surface area contributed by atoms with Gasteiger partial charge in [-0.1, -0.05) is 54.1 Å². The molecule has 150 valence electrons. The normalized spacial score (nSPS) is 11.8. The number of nitrogens with one attached hydrogen (secondary N) is 1. The first-order chi connectivity index (χ1) is 13.8. The van der Waals surface area contributed by atoms with Gasteiger partial charge in [-0.3, -0.25) is 4.79 Å². The van der Waals surface area contributed by atoms with Gasteiger partial charge in [-0.15, -0.1) is 0 Å². The summed E-state index contributed by atoms with van der Waals surface area (Å²) in [5.74, 6) is 0.306. The number of aryl methyl sites for hydroxylation is 3. The molecule has 1 amide bonds. The minimum atomic E-state index is -0.208. The van der Waals surface area contributed by atoms with Crippen LogP contribution in [0.3, 0.4) is 0 Å². The van der Waals surface area contributed by atoms with Crippen molar-refractivity contribution in [2.24, 2.45) is 0 Å². The van der Waals surface area contributed by atoms with Crippen molar-refractivity contribution in [2.45, 2.75) is 40.3 Å². The number of amides is 1.